The Hall–Kier alpha value is -1.75. The van der Waals surface area contributed by atoms with Crippen molar-refractivity contribution in [2.75, 3.05) is 11.9 Å². The van der Waals surface area contributed by atoms with Crippen molar-refractivity contribution in [2.24, 2.45) is 0 Å². The predicted molar refractivity (Wildman–Crippen MR) is 67.0 cm³/mol. The first kappa shape index (κ1) is 10.4. The molecule has 0 bridgehead atoms. The van der Waals surface area contributed by atoms with Crippen molar-refractivity contribution in [2.45, 2.75) is 6.42 Å². The van der Waals surface area contributed by atoms with Crippen molar-refractivity contribution in [3.63, 3.8) is 0 Å². The van der Waals surface area contributed by atoms with Gasteiger partial charge in [-0.05, 0) is 48.5 Å². The first-order valence-corrected chi connectivity index (χ1v) is 5.78. The van der Waals surface area contributed by atoms with Crippen molar-refractivity contribution >= 4 is 18.0 Å². The topological polar surface area (TPSA) is 40.7 Å². The second kappa shape index (κ2) is 3.92. The molecular formula is C12H10FN3S. The zero-order chi connectivity index (χ0) is 11.8. The highest BCUT2D eigenvalue weighted by Crippen LogP contribution is 2.29. The lowest BCUT2D eigenvalue weighted by Gasteiger charge is -2.07. The van der Waals surface area contributed by atoms with E-state index in [1.165, 1.54) is 12.1 Å². The summed E-state index contributed by atoms with van der Waals surface area (Å²) < 4.78 is 13.3. The minimum absolute atomic E-state index is 0.240. The number of nitrogens with zero attached hydrogens (tertiary/aromatic N) is 1. The van der Waals surface area contributed by atoms with Gasteiger partial charge < -0.3 is 10.3 Å². The largest absolute Gasteiger partial charge is 0.369 e. The number of hydrogen-bond donors (Lipinski definition) is 2. The lowest BCUT2D eigenvalue weighted by atomic mass is 10.1. The Labute approximate surface area is 103 Å². The molecule has 1 aliphatic rings. The Bertz CT molecular complexity index is 619. The third kappa shape index (κ3) is 1.82. The molecule has 0 aliphatic carbocycles. The number of fused-ring (bicyclic) bond motifs is 1. The van der Waals surface area contributed by atoms with Crippen LogP contribution in [-0.2, 0) is 6.42 Å². The van der Waals surface area contributed by atoms with Gasteiger partial charge in [0.1, 0.15) is 11.6 Å². The van der Waals surface area contributed by atoms with Crippen LogP contribution in [0.3, 0.4) is 0 Å². The minimum Gasteiger partial charge on any atom is -0.369 e. The Morgan fingerprint density at radius 2 is 2.00 bits per heavy atom. The number of nitrogens with one attached hydrogen (secondary N) is 2. The summed E-state index contributed by atoms with van der Waals surface area (Å²) in [5.41, 5.74) is 2.98. The molecule has 0 atom stereocenters. The van der Waals surface area contributed by atoms with Gasteiger partial charge in [0, 0.05) is 12.1 Å². The van der Waals surface area contributed by atoms with Crippen LogP contribution in [-0.4, -0.2) is 16.5 Å². The van der Waals surface area contributed by atoms with Crippen molar-refractivity contribution in [1.82, 2.24) is 9.97 Å². The molecule has 86 valence electrons. The van der Waals surface area contributed by atoms with Crippen LogP contribution in [0.4, 0.5) is 10.2 Å². The van der Waals surface area contributed by atoms with Gasteiger partial charge in [0.05, 0.1) is 5.69 Å². The summed E-state index contributed by atoms with van der Waals surface area (Å²) in [6.07, 6.45) is 0.904. The summed E-state index contributed by atoms with van der Waals surface area (Å²) in [6.45, 7) is 0.864. The van der Waals surface area contributed by atoms with Crippen LogP contribution in [0.15, 0.2) is 24.3 Å². The van der Waals surface area contributed by atoms with E-state index in [0.717, 1.165) is 35.6 Å². The maximum atomic E-state index is 12.9. The van der Waals surface area contributed by atoms with Crippen LogP contribution < -0.4 is 5.32 Å². The van der Waals surface area contributed by atoms with Crippen molar-refractivity contribution < 1.29 is 4.39 Å². The van der Waals surface area contributed by atoms with Crippen LogP contribution in [0.25, 0.3) is 11.3 Å². The Balaban J connectivity index is 2.21. The van der Waals surface area contributed by atoms with Gasteiger partial charge in [-0.3, -0.25) is 0 Å². The molecule has 1 aromatic heterocycles. The fourth-order valence-corrected chi connectivity index (χ4v) is 2.25. The van der Waals surface area contributed by atoms with E-state index < -0.39 is 0 Å². The van der Waals surface area contributed by atoms with E-state index in [4.69, 9.17) is 12.2 Å². The average molecular weight is 247 g/mol. The molecule has 0 unspecified atom stereocenters. The van der Waals surface area contributed by atoms with E-state index in [0.29, 0.717) is 4.77 Å². The highest BCUT2D eigenvalue weighted by molar-refractivity contribution is 7.71. The van der Waals surface area contributed by atoms with E-state index in [1.54, 1.807) is 12.1 Å². The first-order chi connectivity index (χ1) is 8.24. The molecule has 2 aromatic rings. The molecule has 0 saturated heterocycles. The molecule has 0 radical (unpaired) electrons. The molecule has 3 rings (SSSR count). The monoisotopic (exact) mass is 247 g/mol. The first-order valence-electron chi connectivity index (χ1n) is 5.37. The van der Waals surface area contributed by atoms with E-state index in [1.807, 2.05) is 0 Å². The Kier molecular flexibility index (Phi) is 2.40. The summed E-state index contributed by atoms with van der Waals surface area (Å²) >= 11 is 5.09. The zero-order valence-corrected chi connectivity index (χ0v) is 9.77. The van der Waals surface area contributed by atoms with Gasteiger partial charge in [0.25, 0.3) is 0 Å². The molecule has 2 N–H and O–H groups in total. The molecule has 0 amide bonds. The highest BCUT2D eigenvalue weighted by Gasteiger charge is 2.17. The van der Waals surface area contributed by atoms with E-state index >= 15 is 0 Å². The molecular weight excluding hydrogens is 237 g/mol. The standard InChI is InChI=1S/C12H10FN3S/c13-8-3-1-7(2-4-8)10-9-5-6-14-11(9)16-12(17)15-10/h1-4H,5-6H2,(H2,14,15,16,17). The third-order valence-electron chi connectivity index (χ3n) is 2.83. The van der Waals surface area contributed by atoms with Gasteiger partial charge in [0.2, 0.25) is 0 Å². The third-order valence-corrected chi connectivity index (χ3v) is 3.03. The van der Waals surface area contributed by atoms with Crippen LogP contribution in [0.1, 0.15) is 5.56 Å². The number of H-pyrrole nitrogens is 1. The van der Waals surface area contributed by atoms with Crippen molar-refractivity contribution in [1.29, 1.82) is 0 Å². The summed E-state index contributed by atoms with van der Waals surface area (Å²) in [7, 11) is 0. The van der Waals surface area contributed by atoms with E-state index in [-0.39, 0.29) is 5.82 Å². The number of anilines is 1. The van der Waals surface area contributed by atoms with Gasteiger partial charge in [0.15, 0.2) is 4.77 Å². The van der Waals surface area contributed by atoms with Crippen molar-refractivity contribution in [3.05, 3.63) is 40.4 Å². The van der Waals surface area contributed by atoms with Crippen LogP contribution in [0, 0.1) is 10.6 Å². The molecule has 0 spiro atoms. The van der Waals surface area contributed by atoms with Crippen LogP contribution >= 0.6 is 12.2 Å². The van der Waals surface area contributed by atoms with Gasteiger partial charge in [-0.1, -0.05) is 0 Å². The molecule has 3 nitrogen and oxygen atoms in total. The van der Waals surface area contributed by atoms with Crippen LogP contribution in [0.5, 0.6) is 0 Å². The molecule has 5 heteroatoms. The zero-order valence-electron chi connectivity index (χ0n) is 8.96. The number of aromatic amines is 1. The molecule has 0 fully saturated rings. The normalized spacial score (nSPS) is 13.2. The molecule has 0 saturated carbocycles. The SMILES string of the molecule is Fc1ccc(-c2[nH]c(=S)nc3c2CCN3)cc1. The fourth-order valence-electron chi connectivity index (χ4n) is 2.06. The maximum Gasteiger partial charge on any atom is 0.199 e. The van der Waals surface area contributed by atoms with Crippen LogP contribution in [0.2, 0.25) is 0 Å². The fraction of sp³-hybridized carbons (Fsp3) is 0.167. The van der Waals surface area contributed by atoms with Crippen molar-refractivity contribution in [3.8, 4) is 11.3 Å². The van der Waals surface area contributed by atoms with Gasteiger partial charge in [-0.25, -0.2) is 9.37 Å². The number of benzene rings is 1. The number of aromatic nitrogens is 2. The summed E-state index contributed by atoms with van der Waals surface area (Å²) in [5, 5.41) is 3.19. The quantitative estimate of drug-likeness (QED) is 0.761. The molecule has 2 heterocycles. The second-order valence-corrected chi connectivity index (χ2v) is 4.31. The number of rotatable bonds is 1. The summed E-state index contributed by atoms with van der Waals surface area (Å²) in [4.78, 5) is 7.32. The molecule has 17 heavy (non-hydrogen) atoms. The molecule has 1 aliphatic heterocycles. The highest BCUT2D eigenvalue weighted by atomic mass is 32.1. The molecule has 1 aromatic carbocycles. The Morgan fingerprint density at radius 1 is 1.24 bits per heavy atom. The number of halogens is 1. The van der Waals surface area contributed by atoms with Gasteiger partial charge in [-0.2, -0.15) is 0 Å². The van der Waals surface area contributed by atoms with E-state index in [2.05, 4.69) is 15.3 Å². The summed E-state index contributed by atoms with van der Waals surface area (Å²) in [6, 6.07) is 6.38. The average Bonchev–Trinajstić information content (AvgIpc) is 2.77. The smallest absolute Gasteiger partial charge is 0.199 e. The lowest BCUT2D eigenvalue weighted by molar-refractivity contribution is 0.628. The summed E-state index contributed by atoms with van der Waals surface area (Å²) in [5.74, 6) is 0.601. The van der Waals surface area contributed by atoms with Gasteiger partial charge >= 0.3 is 0 Å². The lowest BCUT2D eigenvalue weighted by Crippen LogP contribution is -1.96. The van der Waals surface area contributed by atoms with Gasteiger partial charge in [-0.15, -0.1) is 0 Å². The Morgan fingerprint density at radius 3 is 2.76 bits per heavy atom. The second-order valence-electron chi connectivity index (χ2n) is 3.93. The minimum atomic E-state index is -0.240. The number of hydrogen-bond acceptors (Lipinski definition) is 3. The predicted octanol–water partition coefficient (Wildman–Crippen LogP) is 2.91. The van der Waals surface area contributed by atoms with E-state index in [9.17, 15) is 4.39 Å². The maximum absolute atomic E-state index is 12.9.